The van der Waals surface area contributed by atoms with Crippen molar-refractivity contribution in [3.05, 3.63) is 61.7 Å². The summed E-state index contributed by atoms with van der Waals surface area (Å²) in [5, 5.41) is 12.4. The minimum absolute atomic E-state index is 0.0557. The van der Waals surface area contributed by atoms with E-state index in [0.717, 1.165) is 33.8 Å². The van der Waals surface area contributed by atoms with E-state index < -0.39 is 12.1 Å². The van der Waals surface area contributed by atoms with Crippen molar-refractivity contribution in [2.75, 3.05) is 33.2 Å². The molecule has 0 saturated heterocycles. The van der Waals surface area contributed by atoms with Crippen LogP contribution in [-0.4, -0.2) is 50.7 Å². The Hall–Kier alpha value is -4.12. The summed E-state index contributed by atoms with van der Waals surface area (Å²) in [6, 6.07) is 5.98. The molecule has 3 atom stereocenters. The number of methoxy groups -OCH3 is 3. The van der Waals surface area contributed by atoms with Gasteiger partial charge in [-0.25, -0.2) is 4.98 Å². The summed E-state index contributed by atoms with van der Waals surface area (Å²) in [4.78, 5) is 44.3. The van der Waals surface area contributed by atoms with Crippen LogP contribution in [0.2, 0.25) is 0 Å². The predicted octanol–water partition coefficient (Wildman–Crippen LogP) is 5.63. The number of anilines is 1. The summed E-state index contributed by atoms with van der Waals surface area (Å²) >= 11 is 1.60. The van der Waals surface area contributed by atoms with Gasteiger partial charge in [0.25, 0.3) is 0 Å². The lowest BCUT2D eigenvalue weighted by Crippen LogP contribution is -2.45. The first-order valence-corrected chi connectivity index (χ1v) is 16.7. The fourth-order valence-electron chi connectivity index (χ4n) is 5.80. The van der Waals surface area contributed by atoms with E-state index in [0.29, 0.717) is 54.5 Å². The van der Waals surface area contributed by atoms with Crippen molar-refractivity contribution in [3.63, 3.8) is 0 Å². The number of aromatic nitrogens is 1. The molecule has 0 fully saturated rings. The van der Waals surface area contributed by atoms with Crippen molar-refractivity contribution in [3.8, 4) is 28.4 Å². The van der Waals surface area contributed by atoms with Crippen molar-refractivity contribution in [2.45, 2.75) is 78.3 Å². The van der Waals surface area contributed by atoms with Gasteiger partial charge in [0.2, 0.25) is 23.0 Å². The lowest BCUT2D eigenvalue weighted by Gasteiger charge is -2.24. The lowest BCUT2D eigenvalue weighted by atomic mass is 9.95. The summed E-state index contributed by atoms with van der Waals surface area (Å²) in [6.07, 6.45) is 2.52. The van der Waals surface area contributed by atoms with Crippen LogP contribution in [0, 0.1) is 5.92 Å². The Morgan fingerprint density at radius 3 is 2.41 bits per heavy atom. The lowest BCUT2D eigenvalue weighted by molar-refractivity contribution is -0.123. The van der Waals surface area contributed by atoms with E-state index in [-0.39, 0.29) is 28.8 Å². The Morgan fingerprint density at radius 2 is 1.80 bits per heavy atom. The second kappa shape index (κ2) is 15.4. The molecular formula is C35H46N4O6S. The van der Waals surface area contributed by atoms with Crippen LogP contribution in [0.5, 0.6) is 17.2 Å². The molecule has 0 spiro atoms. The van der Waals surface area contributed by atoms with Crippen LogP contribution in [0.25, 0.3) is 11.1 Å². The van der Waals surface area contributed by atoms with Gasteiger partial charge in [0, 0.05) is 30.8 Å². The van der Waals surface area contributed by atoms with E-state index >= 15 is 0 Å². The van der Waals surface area contributed by atoms with Crippen molar-refractivity contribution in [1.82, 2.24) is 15.6 Å². The molecule has 3 aromatic rings. The van der Waals surface area contributed by atoms with Gasteiger partial charge in [-0.2, -0.15) is 0 Å². The molecule has 1 heterocycles. The number of amides is 2. The topological polar surface area (TPSA) is 128 Å². The molecule has 11 heteroatoms. The number of thiazole rings is 1. The van der Waals surface area contributed by atoms with Crippen molar-refractivity contribution >= 4 is 28.8 Å². The molecule has 1 aliphatic rings. The minimum Gasteiger partial charge on any atom is -0.493 e. The van der Waals surface area contributed by atoms with E-state index in [4.69, 9.17) is 14.2 Å². The molecule has 0 saturated carbocycles. The highest BCUT2D eigenvalue weighted by molar-refractivity contribution is 7.09. The number of fused-ring (bicyclic) bond motifs is 3. The van der Waals surface area contributed by atoms with Crippen LogP contribution < -0.4 is 35.6 Å². The van der Waals surface area contributed by atoms with Crippen LogP contribution in [0.3, 0.4) is 0 Å². The Labute approximate surface area is 275 Å². The molecule has 1 aromatic heterocycles. The largest absolute Gasteiger partial charge is 0.493 e. The van der Waals surface area contributed by atoms with Crippen molar-refractivity contribution in [1.29, 1.82) is 0 Å². The zero-order valence-electron chi connectivity index (χ0n) is 28.0. The van der Waals surface area contributed by atoms with E-state index in [1.54, 1.807) is 44.8 Å². The number of carbonyl (C=O) groups is 2. The number of hydrogen-bond acceptors (Lipinski definition) is 9. The first-order valence-electron chi connectivity index (χ1n) is 15.8. The Kier molecular flexibility index (Phi) is 11.7. The summed E-state index contributed by atoms with van der Waals surface area (Å²) in [7, 11) is 4.68. The molecule has 0 unspecified atom stereocenters. The number of rotatable bonds is 13. The van der Waals surface area contributed by atoms with E-state index in [1.807, 2.05) is 26.0 Å². The molecule has 46 heavy (non-hydrogen) atoms. The molecule has 0 aliphatic heterocycles. The third-order valence-corrected chi connectivity index (χ3v) is 9.45. The summed E-state index contributed by atoms with van der Waals surface area (Å²) in [5.74, 6) is 1.37. The average molecular weight is 651 g/mol. The molecule has 248 valence electrons. The van der Waals surface area contributed by atoms with Crippen LogP contribution in [-0.2, 0) is 22.4 Å². The van der Waals surface area contributed by atoms with Crippen LogP contribution >= 0.6 is 11.3 Å². The average Bonchev–Trinajstić information content (AvgIpc) is 3.39. The maximum absolute atomic E-state index is 13.9. The first-order chi connectivity index (χ1) is 22.0. The molecule has 10 nitrogen and oxygen atoms in total. The van der Waals surface area contributed by atoms with Crippen molar-refractivity contribution in [2.24, 2.45) is 5.92 Å². The van der Waals surface area contributed by atoms with E-state index in [1.165, 1.54) is 6.92 Å². The molecule has 0 radical (unpaired) electrons. The quantitative estimate of drug-likeness (QED) is 0.217. The van der Waals surface area contributed by atoms with Gasteiger partial charge in [-0.3, -0.25) is 14.4 Å². The molecule has 2 aromatic carbocycles. The Balaban J connectivity index is 1.73. The molecule has 1 aliphatic carbocycles. The minimum atomic E-state index is -0.639. The molecular weight excluding hydrogens is 604 g/mol. The third kappa shape index (κ3) is 7.63. The monoisotopic (exact) mass is 650 g/mol. The van der Waals surface area contributed by atoms with Gasteiger partial charge in [-0.05, 0) is 59.6 Å². The number of nitrogens with one attached hydrogen (secondary N) is 3. The molecule has 3 N–H and O–H groups in total. The van der Waals surface area contributed by atoms with Gasteiger partial charge in [0.05, 0.1) is 43.8 Å². The Morgan fingerprint density at radius 1 is 1.07 bits per heavy atom. The predicted molar refractivity (Wildman–Crippen MR) is 182 cm³/mol. The number of carbonyl (C=O) groups excluding carboxylic acids is 2. The maximum Gasteiger partial charge on any atom is 0.242 e. The number of aryl methyl sites for hydroxylation is 1. The Bertz CT molecular complexity index is 1620. The van der Waals surface area contributed by atoms with Gasteiger partial charge in [-0.15, -0.1) is 11.3 Å². The smallest absolute Gasteiger partial charge is 0.242 e. The fraction of sp³-hybridized carbons (Fsp3) is 0.486. The van der Waals surface area contributed by atoms with Gasteiger partial charge in [0.15, 0.2) is 11.5 Å². The maximum atomic E-state index is 13.9. The zero-order chi connectivity index (χ0) is 33.5. The van der Waals surface area contributed by atoms with E-state index in [9.17, 15) is 14.4 Å². The standard InChI is InChI=1S/C35H46N4O6S/c1-9-20(4)32(35(42)36-15-14-30-38-27(18-46-30)19(2)3)39-26-13-11-23-24(17-28(26)41)25(37-21(5)40)12-10-22-16-29(43-6)33(44-7)34(45-8)31(22)23/h11,13,16-20,25,32H,9-10,12,14-15H2,1-8H3,(H,36,42)(H,37,40)(H,39,41)/t20-,25+,32+/m0/s1. The third-order valence-electron chi connectivity index (χ3n) is 8.52. The van der Waals surface area contributed by atoms with Crippen molar-refractivity contribution < 1.29 is 23.8 Å². The van der Waals surface area contributed by atoms with Crippen LogP contribution in [0.1, 0.15) is 81.2 Å². The van der Waals surface area contributed by atoms with Gasteiger partial charge < -0.3 is 30.2 Å². The van der Waals surface area contributed by atoms with Crippen LogP contribution in [0.4, 0.5) is 5.69 Å². The highest BCUT2D eigenvalue weighted by atomic mass is 32.1. The highest BCUT2D eigenvalue weighted by Crippen LogP contribution is 2.50. The SMILES string of the molecule is CC[C@H](C)[C@@H](Nc1ccc2c(cc1=O)[C@H](NC(C)=O)CCc1cc(OC)c(OC)c(OC)c1-2)C(=O)NCCc1nc(C(C)C)cs1. The summed E-state index contributed by atoms with van der Waals surface area (Å²) in [6.45, 7) is 10.1. The number of hydrogen-bond donors (Lipinski definition) is 3. The highest BCUT2D eigenvalue weighted by Gasteiger charge is 2.30. The fourth-order valence-corrected chi connectivity index (χ4v) is 6.76. The second-order valence-corrected chi connectivity index (χ2v) is 12.9. The first kappa shape index (κ1) is 34.7. The summed E-state index contributed by atoms with van der Waals surface area (Å²) < 4.78 is 17.2. The number of benzene rings is 1. The number of ether oxygens (including phenoxy) is 3. The molecule has 4 rings (SSSR count). The zero-order valence-corrected chi connectivity index (χ0v) is 28.9. The van der Waals surface area contributed by atoms with Gasteiger partial charge in [0.1, 0.15) is 6.04 Å². The summed E-state index contributed by atoms with van der Waals surface area (Å²) in [5.41, 5.74) is 4.15. The van der Waals surface area contributed by atoms with E-state index in [2.05, 4.69) is 40.2 Å². The number of nitrogens with zero attached hydrogens (tertiary/aromatic N) is 1. The van der Waals surface area contributed by atoms with Gasteiger partial charge in [-0.1, -0.05) is 40.2 Å². The van der Waals surface area contributed by atoms with Gasteiger partial charge >= 0.3 is 0 Å². The normalized spacial score (nSPS) is 15.1. The van der Waals surface area contributed by atoms with Crippen LogP contribution in [0.15, 0.2) is 34.4 Å². The second-order valence-electron chi connectivity index (χ2n) is 12.0. The molecule has 0 bridgehead atoms. The molecule has 2 amide bonds.